The fraction of sp³-hybridized carbons (Fsp3) is 0.407. The second-order valence-corrected chi connectivity index (χ2v) is 10.5. The molecule has 2 aromatic carbocycles. The smallest absolute Gasteiger partial charge is 0.341 e. The Morgan fingerprint density at radius 2 is 1.82 bits per heavy atom. The van der Waals surface area contributed by atoms with Crippen LogP contribution in [-0.4, -0.2) is 53.7 Å². The number of benzene rings is 2. The van der Waals surface area contributed by atoms with Gasteiger partial charge < -0.3 is 15.0 Å². The minimum absolute atomic E-state index is 0.230. The van der Waals surface area contributed by atoms with E-state index in [1.165, 1.54) is 33.2 Å². The molecule has 2 heterocycles. The van der Waals surface area contributed by atoms with Crippen molar-refractivity contribution in [1.82, 2.24) is 9.80 Å². The van der Waals surface area contributed by atoms with Gasteiger partial charge in [-0.15, -0.1) is 11.3 Å². The van der Waals surface area contributed by atoms with Crippen molar-refractivity contribution in [2.24, 2.45) is 0 Å². The first-order valence-electron chi connectivity index (χ1n) is 12.2. The van der Waals surface area contributed by atoms with Crippen LogP contribution in [0, 0.1) is 0 Å². The second kappa shape index (κ2) is 10.4. The Balaban J connectivity index is 1.23. The number of anilines is 1. The lowest BCUT2D eigenvalue weighted by Crippen LogP contribution is -2.49. The van der Waals surface area contributed by atoms with Crippen LogP contribution < -0.4 is 5.32 Å². The van der Waals surface area contributed by atoms with Gasteiger partial charge in [-0.3, -0.25) is 4.90 Å². The molecule has 1 aliphatic heterocycles. The van der Waals surface area contributed by atoms with Crippen molar-refractivity contribution in [3.63, 3.8) is 0 Å². The van der Waals surface area contributed by atoms with Crippen LogP contribution in [0.25, 0.3) is 10.8 Å². The van der Waals surface area contributed by atoms with E-state index < -0.39 is 0 Å². The number of thiocarbonyl (C=S) groups is 1. The van der Waals surface area contributed by atoms with Crippen LogP contribution in [0.3, 0.4) is 0 Å². The first kappa shape index (κ1) is 23.3. The molecule has 3 aromatic rings. The van der Waals surface area contributed by atoms with Gasteiger partial charge in [0.1, 0.15) is 5.00 Å². The van der Waals surface area contributed by atoms with Gasteiger partial charge in [-0.05, 0) is 66.7 Å². The molecule has 0 radical (unpaired) electrons. The summed E-state index contributed by atoms with van der Waals surface area (Å²) in [4.78, 5) is 18.8. The predicted molar refractivity (Wildman–Crippen MR) is 144 cm³/mol. The van der Waals surface area contributed by atoms with Gasteiger partial charge in [-0.25, -0.2) is 4.79 Å². The summed E-state index contributed by atoms with van der Waals surface area (Å²) >= 11 is 7.47. The summed E-state index contributed by atoms with van der Waals surface area (Å²) in [5, 5.41) is 7.60. The van der Waals surface area contributed by atoms with Crippen molar-refractivity contribution in [3.05, 3.63) is 64.0 Å². The molecule has 34 heavy (non-hydrogen) atoms. The van der Waals surface area contributed by atoms with Crippen LogP contribution in [0.5, 0.6) is 0 Å². The predicted octanol–water partition coefficient (Wildman–Crippen LogP) is 5.47. The van der Waals surface area contributed by atoms with E-state index in [0.29, 0.717) is 17.3 Å². The van der Waals surface area contributed by atoms with E-state index in [0.717, 1.165) is 57.0 Å². The third-order valence-corrected chi connectivity index (χ3v) is 8.37. The van der Waals surface area contributed by atoms with Gasteiger partial charge in [0.25, 0.3) is 0 Å². The summed E-state index contributed by atoms with van der Waals surface area (Å²) in [5.74, 6) is -0.230. The zero-order chi connectivity index (χ0) is 23.5. The molecule has 0 bridgehead atoms. The number of nitrogens with one attached hydrogen (secondary N) is 1. The first-order chi connectivity index (χ1) is 16.6. The molecular formula is C27H31N3O2S2. The summed E-state index contributed by atoms with van der Waals surface area (Å²) in [6.45, 7) is 6.83. The number of aryl methyl sites for hydroxylation is 1. The van der Waals surface area contributed by atoms with Crippen molar-refractivity contribution in [1.29, 1.82) is 0 Å². The number of hydrogen-bond donors (Lipinski definition) is 1. The Labute approximate surface area is 210 Å². The molecule has 5 rings (SSSR count). The molecule has 0 saturated carbocycles. The van der Waals surface area contributed by atoms with Gasteiger partial charge in [0, 0.05) is 37.6 Å². The quantitative estimate of drug-likeness (QED) is 0.376. The largest absolute Gasteiger partial charge is 0.462 e. The monoisotopic (exact) mass is 493 g/mol. The van der Waals surface area contributed by atoms with E-state index in [1.54, 1.807) is 11.3 Å². The Kier molecular flexibility index (Phi) is 7.13. The summed E-state index contributed by atoms with van der Waals surface area (Å²) in [6.07, 6.45) is 4.28. The Hall–Kier alpha value is -2.48. The van der Waals surface area contributed by atoms with E-state index >= 15 is 0 Å². The van der Waals surface area contributed by atoms with Crippen LogP contribution in [0.2, 0.25) is 0 Å². The molecule has 5 nitrogen and oxygen atoms in total. The van der Waals surface area contributed by atoms with Crippen LogP contribution in [0.4, 0.5) is 5.00 Å². The van der Waals surface area contributed by atoms with Gasteiger partial charge in [-0.1, -0.05) is 42.5 Å². The Bertz CT molecular complexity index is 1190. The van der Waals surface area contributed by atoms with Crippen molar-refractivity contribution in [3.8, 4) is 0 Å². The van der Waals surface area contributed by atoms with Crippen molar-refractivity contribution >= 4 is 50.4 Å². The van der Waals surface area contributed by atoms with Gasteiger partial charge in [-0.2, -0.15) is 0 Å². The number of piperazine rings is 1. The van der Waals surface area contributed by atoms with E-state index in [1.807, 2.05) is 6.92 Å². The highest BCUT2D eigenvalue weighted by atomic mass is 32.1. The van der Waals surface area contributed by atoms with Crippen LogP contribution >= 0.6 is 23.6 Å². The van der Waals surface area contributed by atoms with Crippen molar-refractivity contribution in [2.45, 2.75) is 39.2 Å². The highest BCUT2D eigenvalue weighted by Gasteiger charge is 2.28. The molecule has 1 aromatic heterocycles. The third-order valence-electron chi connectivity index (χ3n) is 6.80. The Morgan fingerprint density at radius 1 is 1.06 bits per heavy atom. The molecule has 0 atom stereocenters. The number of carbonyl (C=O) groups excluding carboxylic acids is 1. The molecule has 1 N–H and O–H groups in total. The highest BCUT2D eigenvalue weighted by molar-refractivity contribution is 7.80. The third kappa shape index (κ3) is 4.83. The number of carbonyl (C=O) groups is 1. The summed E-state index contributed by atoms with van der Waals surface area (Å²) in [5.41, 5.74) is 3.24. The van der Waals surface area contributed by atoms with Gasteiger partial charge in [0.15, 0.2) is 5.11 Å². The molecule has 1 fully saturated rings. The molecule has 1 saturated heterocycles. The lowest BCUT2D eigenvalue weighted by molar-refractivity contribution is 0.0526. The Morgan fingerprint density at radius 3 is 2.65 bits per heavy atom. The summed E-state index contributed by atoms with van der Waals surface area (Å²) < 4.78 is 5.39. The first-order valence-corrected chi connectivity index (χ1v) is 13.4. The van der Waals surface area contributed by atoms with Crippen molar-refractivity contribution in [2.75, 3.05) is 38.1 Å². The number of thiophene rings is 1. The zero-order valence-corrected chi connectivity index (χ0v) is 21.3. The SMILES string of the molecule is CCOC(=O)c1c(NC(=S)N2CCN(Cc3cccc4ccccc34)CC2)sc2c1CCCC2. The highest BCUT2D eigenvalue weighted by Crippen LogP contribution is 2.38. The van der Waals surface area contributed by atoms with Crippen molar-refractivity contribution < 1.29 is 9.53 Å². The number of ether oxygens (including phenoxy) is 1. The molecule has 7 heteroatoms. The number of hydrogen-bond acceptors (Lipinski definition) is 5. The van der Waals surface area contributed by atoms with Gasteiger partial charge in [0.05, 0.1) is 12.2 Å². The van der Waals surface area contributed by atoms with Crippen LogP contribution in [-0.2, 0) is 24.1 Å². The van der Waals surface area contributed by atoms with Gasteiger partial charge >= 0.3 is 5.97 Å². The number of nitrogens with zero attached hydrogens (tertiary/aromatic N) is 2. The molecule has 0 amide bonds. The average Bonchev–Trinajstić information content (AvgIpc) is 3.22. The molecule has 1 aliphatic carbocycles. The van der Waals surface area contributed by atoms with E-state index in [4.69, 9.17) is 17.0 Å². The van der Waals surface area contributed by atoms with Gasteiger partial charge in [0.2, 0.25) is 0 Å². The standard InChI is InChI=1S/C27H31N3O2S2/c1-2-32-26(31)24-22-12-5-6-13-23(22)34-25(24)28-27(33)30-16-14-29(15-17-30)18-20-10-7-9-19-8-3-4-11-21(19)20/h3-4,7-11H,2,5-6,12-18H2,1H3,(H,28,33). The maximum Gasteiger partial charge on any atom is 0.341 e. The number of rotatable bonds is 5. The van der Waals surface area contributed by atoms with E-state index in [-0.39, 0.29) is 5.97 Å². The molecule has 2 aliphatic rings. The second-order valence-electron chi connectivity index (χ2n) is 8.97. The fourth-order valence-corrected chi connectivity index (χ4v) is 6.66. The summed E-state index contributed by atoms with van der Waals surface area (Å²) in [6, 6.07) is 15.1. The fourth-order valence-electron chi connectivity index (χ4n) is 5.03. The molecule has 0 spiro atoms. The van der Waals surface area contributed by atoms with Crippen LogP contribution in [0.15, 0.2) is 42.5 Å². The zero-order valence-electron chi connectivity index (χ0n) is 19.6. The molecule has 178 valence electrons. The van der Waals surface area contributed by atoms with E-state index in [9.17, 15) is 4.79 Å². The van der Waals surface area contributed by atoms with E-state index in [2.05, 4.69) is 57.6 Å². The summed E-state index contributed by atoms with van der Waals surface area (Å²) in [7, 11) is 0. The number of fused-ring (bicyclic) bond motifs is 2. The lowest BCUT2D eigenvalue weighted by Gasteiger charge is -2.36. The minimum atomic E-state index is -0.230. The number of esters is 1. The lowest BCUT2D eigenvalue weighted by atomic mass is 9.95. The molecular weight excluding hydrogens is 462 g/mol. The average molecular weight is 494 g/mol. The maximum atomic E-state index is 12.7. The molecule has 0 unspecified atom stereocenters. The topological polar surface area (TPSA) is 44.8 Å². The minimum Gasteiger partial charge on any atom is -0.462 e. The van der Waals surface area contributed by atoms with Crippen LogP contribution in [0.1, 0.15) is 46.1 Å². The normalized spacial score (nSPS) is 16.3. The maximum absolute atomic E-state index is 12.7.